The third kappa shape index (κ3) is 4.65. The van der Waals surface area contributed by atoms with E-state index in [1.807, 2.05) is 24.3 Å². The van der Waals surface area contributed by atoms with Gasteiger partial charge in [-0.15, -0.1) is 11.3 Å². The van der Waals surface area contributed by atoms with E-state index in [1.165, 1.54) is 34.4 Å². The van der Waals surface area contributed by atoms with Crippen molar-refractivity contribution in [2.24, 2.45) is 0 Å². The fourth-order valence-electron chi connectivity index (χ4n) is 3.74. The lowest BCUT2D eigenvalue weighted by molar-refractivity contribution is -0.138. The molecule has 0 bridgehead atoms. The lowest BCUT2D eigenvalue weighted by Gasteiger charge is -2.23. The predicted molar refractivity (Wildman–Crippen MR) is 115 cm³/mol. The Morgan fingerprint density at radius 1 is 1.13 bits per heavy atom. The van der Waals surface area contributed by atoms with E-state index in [0.717, 1.165) is 10.1 Å². The standard InChI is InChI=1S/C23H21FN2O4S/c24-17-7-3-1-5-14(17)10-22(29)26-13-16(27)11-18(26)23(30)25-12-19(28)21-9-15-6-2-4-8-20(15)31-21/h1-9,16,18,27H,10-13H2,(H,25,30). The van der Waals surface area contributed by atoms with Crippen molar-refractivity contribution in [2.75, 3.05) is 13.1 Å². The molecule has 0 aliphatic carbocycles. The average Bonchev–Trinajstić information content (AvgIpc) is 3.37. The number of likely N-dealkylation sites (tertiary alicyclic amines) is 1. The van der Waals surface area contributed by atoms with Gasteiger partial charge in [-0.05, 0) is 29.1 Å². The number of thiophene rings is 1. The van der Waals surface area contributed by atoms with Gasteiger partial charge in [-0.2, -0.15) is 0 Å². The maximum Gasteiger partial charge on any atom is 0.243 e. The van der Waals surface area contributed by atoms with E-state index < -0.39 is 29.8 Å². The van der Waals surface area contributed by atoms with E-state index in [4.69, 9.17) is 0 Å². The molecule has 1 aliphatic heterocycles. The van der Waals surface area contributed by atoms with Crippen LogP contribution in [0.1, 0.15) is 21.7 Å². The Morgan fingerprint density at radius 3 is 2.65 bits per heavy atom. The number of β-amino-alcohol motifs (C(OH)–C–C–N with tert-alkyl or cyclic N) is 1. The summed E-state index contributed by atoms with van der Waals surface area (Å²) in [6.07, 6.45) is -0.978. The Morgan fingerprint density at radius 2 is 1.87 bits per heavy atom. The number of carbonyl (C=O) groups excluding carboxylic acids is 3. The van der Waals surface area contributed by atoms with Crippen LogP contribution in [0, 0.1) is 5.82 Å². The summed E-state index contributed by atoms with van der Waals surface area (Å²) in [6, 6.07) is 14.5. The van der Waals surface area contributed by atoms with Gasteiger partial charge in [0.15, 0.2) is 5.78 Å². The van der Waals surface area contributed by atoms with Crippen molar-refractivity contribution >= 4 is 39.0 Å². The molecule has 2 atom stereocenters. The molecule has 4 rings (SSSR count). The minimum Gasteiger partial charge on any atom is -0.391 e. The highest BCUT2D eigenvalue weighted by Crippen LogP contribution is 2.25. The fraction of sp³-hybridized carbons (Fsp3) is 0.261. The second-order valence-corrected chi connectivity index (χ2v) is 8.59. The topological polar surface area (TPSA) is 86.7 Å². The monoisotopic (exact) mass is 440 g/mol. The van der Waals surface area contributed by atoms with E-state index in [1.54, 1.807) is 12.1 Å². The van der Waals surface area contributed by atoms with E-state index in [0.29, 0.717) is 4.88 Å². The third-order valence-electron chi connectivity index (χ3n) is 5.33. The fourth-order valence-corrected chi connectivity index (χ4v) is 4.74. The van der Waals surface area contributed by atoms with Crippen LogP contribution in [0.4, 0.5) is 4.39 Å². The maximum absolute atomic E-state index is 13.9. The van der Waals surface area contributed by atoms with Gasteiger partial charge in [0.05, 0.1) is 23.9 Å². The Labute approximate surface area is 182 Å². The van der Waals surface area contributed by atoms with Gasteiger partial charge in [0.2, 0.25) is 11.8 Å². The minimum absolute atomic E-state index is 0.00433. The molecule has 2 amide bonds. The number of nitrogens with zero attached hydrogens (tertiary/aromatic N) is 1. The summed E-state index contributed by atoms with van der Waals surface area (Å²) in [6.45, 7) is -0.205. The summed E-state index contributed by atoms with van der Waals surface area (Å²) < 4.78 is 14.9. The zero-order valence-electron chi connectivity index (χ0n) is 16.6. The molecule has 8 heteroatoms. The number of hydrogen-bond donors (Lipinski definition) is 2. The molecule has 2 unspecified atom stereocenters. The minimum atomic E-state index is -0.899. The predicted octanol–water partition coefficient (Wildman–Crippen LogP) is 2.54. The number of fused-ring (bicyclic) bond motifs is 1. The van der Waals surface area contributed by atoms with Gasteiger partial charge in [0.1, 0.15) is 11.9 Å². The van der Waals surface area contributed by atoms with Crippen LogP contribution in [0.2, 0.25) is 0 Å². The molecular formula is C23H21FN2O4S. The van der Waals surface area contributed by atoms with Crippen LogP contribution in [0.5, 0.6) is 0 Å². The average molecular weight is 440 g/mol. The Kier molecular flexibility index (Phi) is 6.11. The number of rotatable bonds is 6. The van der Waals surface area contributed by atoms with E-state index in [9.17, 15) is 23.9 Å². The number of Topliss-reactive ketones (excluding diaryl/α,β-unsaturated/α-hetero) is 1. The van der Waals surface area contributed by atoms with Crippen molar-refractivity contribution in [3.05, 3.63) is 70.9 Å². The second kappa shape index (κ2) is 8.95. The van der Waals surface area contributed by atoms with Crippen LogP contribution >= 0.6 is 11.3 Å². The molecule has 0 radical (unpaired) electrons. The molecule has 2 heterocycles. The number of halogens is 1. The first-order valence-electron chi connectivity index (χ1n) is 9.93. The highest BCUT2D eigenvalue weighted by Gasteiger charge is 2.38. The van der Waals surface area contributed by atoms with Crippen LogP contribution in [-0.4, -0.2) is 52.8 Å². The zero-order valence-corrected chi connectivity index (χ0v) is 17.4. The number of ketones is 1. The summed E-state index contributed by atoms with van der Waals surface area (Å²) in [5, 5.41) is 13.6. The molecule has 2 aromatic carbocycles. The van der Waals surface area contributed by atoms with Gasteiger partial charge in [0, 0.05) is 17.7 Å². The Bertz CT molecular complexity index is 1110. The van der Waals surface area contributed by atoms with Crippen molar-refractivity contribution in [2.45, 2.75) is 25.0 Å². The van der Waals surface area contributed by atoms with Gasteiger partial charge in [0.25, 0.3) is 0 Å². The number of aliphatic hydroxyl groups excluding tert-OH is 1. The molecule has 1 aromatic heterocycles. The summed E-state index contributed by atoms with van der Waals surface area (Å²) in [5.74, 6) is -1.67. The van der Waals surface area contributed by atoms with Crippen molar-refractivity contribution in [3.63, 3.8) is 0 Å². The summed E-state index contributed by atoms with van der Waals surface area (Å²) >= 11 is 1.36. The van der Waals surface area contributed by atoms with Crippen molar-refractivity contribution in [1.29, 1.82) is 0 Å². The van der Waals surface area contributed by atoms with Crippen LogP contribution in [0.25, 0.3) is 10.1 Å². The molecule has 160 valence electrons. The van der Waals surface area contributed by atoms with Gasteiger partial charge >= 0.3 is 0 Å². The molecule has 0 saturated carbocycles. The van der Waals surface area contributed by atoms with E-state index in [-0.39, 0.29) is 37.3 Å². The lowest BCUT2D eigenvalue weighted by atomic mass is 10.1. The van der Waals surface area contributed by atoms with Crippen LogP contribution in [0.15, 0.2) is 54.6 Å². The van der Waals surface area contributed by atoms with E-state index >= 15 is 0 Å². The van der Waals surface area contributed by atoms with Crippen molar-refractivity contribution in [1.82, 2.24) is 10.2 Å². The molecule has 6 nitrogen and oxygen atoms in total. The van der Waals surface area contributed by atoms with Crippen LogP contribution < -0.4 is 5.32 Å². The first-order valence-corrected chi connectivity index (χ1v) is 10.7. The number of benzene rings is 2. The number of carbonyl (C=O) groups is 3. The highest BCUT2D eigenvalue weighted by molar-refractivity contribution is 7.20. The highest BCUT2D eigenvalue weighted by atomic mass is 32.1. The molecule has 2 N–H and O–H groups in total. The van der Waals surface area contributed by atoms with Gasteiger partial charge < -0.3 is 15.3 Å². The largest absolute Gasteiger partial charge is 0.391 e. The summed E-state index contributed by atoms with van der Waals surface area (Å²) in [5.41, 5.74) is 0.230. The third-order valence-corrected chi connectivity index (χ3v) is 6.48. The molecular weight excluding hydrogens is 419 g/mol. The molecule has 1 fully saturated rings. The molecule has 1 aliphatic rings. The molecule has 31 heavy (non-hydrogen) atoms. The molecule has 1 saturated heterocycles. The lowest BCUT2D eigenvalue weighted by Crippen LogP contribution is -2.47. The normalized spacial score (nSPS) is 18.3. The number of nitrogens with one attached hydrogen (secondary N) is 1. The Balaban J connectivity index is 1.39. The van der Waals surface area contributed by atoms with Crippen molar-refractivity contribution in [3.8, 4) is 0 Å². The van der Waals surface area contributed by atoms with Crippen LogP contribution in [0.3, 0.4) is 0 Å². The first kappa shape index (κ1) is 21.1. The van der Waals surface area contributed by atoms with Gasteiger partial charge in [-0.1, -0.05) is 36.4 Å². The number of amides is 2. The number of hydrogen-bond acceptors (Lipinski definition) is 5. The van der Waals surface area contributed by atoms with E-state index in [2.05, 4.69) is 5.32 Å². The molecule has 0 spiro atoms. The SMILES string of the molecule is O=C(CNC(=O)C1CC(O)CN1C(=O)Cc1ccccc1F)c1cc2ccccc2s1. The second-order valence-electron chi connectivity index (χ2n) is 7.51. The van der Waals surface area contributed by atoms with Crippen LogP contribution in [-0.2, 0) is 16.0 Å². The maximum atomic E-state index is 13.9. The summed E-state index contributed by atoms with van der Waals surface area (Å²) in [4.78, 5) is 39.7. The van der Waals surface area contributed by atoms with Crippen molar-refractivity contribution < 1.29 is 23.9 Å². The Hall–Kier alpha value is -3.10. The summed E-state index contributed by atoms with van der Waals surface area (Å²) in [7, 11) is 0. The molecule has 3 aromatic rings. The van der Waals surface area contributed by atoms with Gasteiger partial charge in [-0.25, -0.2) is 4.39 Å². The van der Waals surface area contributed by atoms with Gasteiger partial charge in [-0.3, -0.25) is 14.4 Å². The zero-order chi connectivity index (χ0) is 22.0. The smallest absolute Gasteiger partial charge is 0.243 e. The first-order chi connectivity index (χ1) is 14.9. The number of aliphatic hydroxyl groups is 1. The quantitative estimate of drug-likeness (QED) is 0.577.